The van der Waals surface area contributed by atoms with E-state index in [1.165, 1.54) is 82.6 Å². The standard InChI is InChI=1S/C53H35N3/c1-3-12-36(13-4-1)38-16-9-18-40(30-38)42-23-26-51-47(32-42)48-33-43(41-19-10-17-39(31-41)37-14-5-2-6-15-37)24-27-52(48)55(51)44-25-28-53-49(34-44)46-21-7-8-22-50(46)56(53)45-20-11-29-54-35-45/h1-35H. The van der Waals surface area contributed by atoms with Gasteiger partial charge in [0.05, 0.1) is 34.0 Å². The minimum Gasteiger partial charge on any atom is -0.309 e. The topological polar surface area (TPSA) is 22.8 Å². The van der Waals surface area contributed by atoms with Crippen LogP contribution in [-0.2, 0) is 0 Å². The van der Waals surface area contributed by atoms with Gasteiger partial charge >= 0.3 is 0 Å². The molecule has 0 aliphatic heterocycles. The maximum absolute atomic E-state index is 4.45. The van der Waals surface area contributed by atoms with E-state index in [4.69, 9.17) is 0 Å². The molecule has 0 N–H and O–H groups in total. The molecule has 0 aliphatic carbocycles. The van der Waals surface area contributed by atoms with Crippen LogP contribution in [-0.4, -0.2) is 14.1 Å². The first-order valence-corrected chi connectivity index (χ1v) is 19.1. The maximum atomic E-state index is 4.45. The van der Waals surface area contributed by atoms with Crippen LogP contribution in [0, 0.1) is 0 Å². The van der Waals surface area contributed by atoms with Crippen LogP contribution in [0.25, 0.3) is 99.5 Å². The van der Waals surface area contributed by atoms with Gasteiger partial charge in [0.25, 0.3) is 0 Å². The van der Waals surface area contributed by atoms with Gasteiger partial charge in [0, 0.05) is 33.4 Å². The van der Waals surface area contributed by atoms with Gasteiger partial charge < -0.3 is 9.13 Å². The SMILES string of the molecule is c1ccc(-c2cccc(-c3ccc4c(c3)c3cc(-c5cccc(-c6ccccc6)c5)ccc3n4-c3ccc4c(c3)c3ccccc3n4-c3cccnc3)c2)cc1. The van der Waals surface area contributed by atoms with Crippen molar-refractivity contribution in [2.24, 2.45) is 0 Å². The Morgan fingerprint density at radius 1 is 0.268 bits per heavy atom. The number of para-hydroxylation sites is 1. The summed E-state index contributed by atoms with van der Waals surface area (Å²) in [5.41, 5.74) is 16.5. The lowest BCUT2D eigenvalue weighted by Gasteiger charge is -2.11. The molecule has 262 valence electrons. The molecule has 11 aromatic rings. The van der Waals surface area contributed by atoms with E-state index in [0.29, 0.717) is 0 Å². The maximum Gasteiger partial charge on any atom is 0.0645 e. The van der Waals surface area contributed by atoms with E-state index in [0.717, 1.165) is 16.9 Å². The molecule has 8 aromatic carbocycles. The molecule has 56 heavy (non-hydrogen) atoms. The molecule has 3 heteroatoms. The fourth-order valence-corrected chi connectivity index (χ4v) is 8.54. The van der Waals surface area contributed by atoms with Crippen molar-refractivity contribution < 1.29 is 0 Å². The fraction of sp³-hybridized carbons (Fsp3) is 0. The molecule has 0 amide bonds. The van der Waals surface area contributed by atoms with Crippen LogP contribution in [0.4, 0.5) is 0 Å². The summed E-state index contributed by atoms with van der Waals surface area (Å²) >= 11 is 0. The highest BCUT2D eigenvalue weighted by atomic mass is 15.0. The van der Waals surface area contributed by atoms with Gasteiger partial charge in [0.15, 0.2) is 0 Å². The molecule has 0 fully saturated rings. The van der Waals surface area contributed by atoms with Gasteiger partial charge in [-0.1, -0.05) is 127 Å². The van der Waals surface area contributed by atoms with Crippen molar-refractivity contribution in [2.75, 3.05) is 0 Å². The Bertz CT molecular complexity index is 3090. The Kier molecular flexibility index (Phi) is 7.49. The van der Waals surface area contributed by atoms with Crippen molar-refractivity contribution in [3.8, 4) is 55.9 Å². The Morgan fingerprint density at radius 3 is 1.29 bits per heavy atom. The highest BCUT2D eigenvalue weighted by Gasteiger charge is 2.18. The van der Waals surface area contributed by atoms with Gasteiger partial charge in [-0.2, -0.15) is 0 Å². The number of fused-ring (bicyclic) bond motifs is 6. The van der Waals surface area contributed by atoms with E-state index in [-0.39, 0.29) is 0 Å². The molecule has 3 nitrogen and oxygen atoms in total. The molecule has 3 heterocycles. The fourth-order valence-electron chi connectivity index (χ4n) is 8.54. The second-order valence-corrected chi connectivity index (χ2v) is 14.5. The lowest BCUT2D eigenvalue weighted by molar-refractivity contribution is 1.14. The first kappa shape index (κ1) is 32.0. The minimum atomic E-state index is 1.05. The second kappa shape index (κ2) is 13.1. The molecular weight excluding hydrogens is 679 g/mol. The third-order valence-corrected chi connectivity index (χ3v) is 11.2. The van der Waals surface area contributed by atoms with Gasteiger partial charge in [-0.15, -0.1) is 0 Å². The third-order valence-electron chi connectivity index (χ3n) is 11.2. The summed E-state index contributed by atoms with van der Waals surface area (Å²) in [4.78, 5) is 4.45. The van der Waals surface area contributed by atoms with E-state index in [1.807, 2.05) is 18.5 Å². The average molecular weight is 714 g/mol. The van der Waals surface area contributed by atoms with Gasteiger partial charge in [-0.3, -0.25) is 4.98 Å². The zero-order valence-electron chi connectivity index (χ0n) is 30.5. The van der Waals surface area contributed by atoms with Crippen LogP contribution in [0.15, 0.2) is 213 Å². The van der Waals surface area contributed by atoms with Crippen LogP contribution in [0.5, 0.6) is 0 Å². The monoisotopic (exact) mass is 713 g/mol. The summed E-state index contributed by atoms with van der Waals surface area (Å²) in [7, 11) is 0. The van der Waals surface area contributed by atoms with E-state index in [9.17, 15) is 0 Å². The van der Waals surface area contributed by atoms with Crippen LogP contribution in [0.3, 0.4) is 0 Å². The van der Waals surface area contributed by atoms with Crippen LogP contribution >= 0.6 is 0 Å². The molecule has 11 rings (SSSR count). The van der Waals surface area contributed by atoms with Crippen LogP contribution < -0.4 is 0 Å². The summed E-state index contributed by atoms with van der Waals surface area (Å²) in [6, 6.07) is 72.6. The normalized spacial score (nSPS) is 11.6. The largest absolute Gasteiger partial charge is 0.309 e. The molecule has 0 spiro atoms. The molecule has 0 bridgehead atoms. The van der Waals surface area contributed by atoms with Crippen molar-refractivity contribution >= 4 is 43.6 Å². The molecule has 0 radical (unpaired) electrons. The van der Waals surface area contributed by atoms with Crippen molar-refractivity contribution in [3.05, 3.63) is 213 Å². The van der Waals surface area contributed by atoms with E-state index < -0.39 is 0 Å². The summed E-state index contributed by atoms with van der Waals surface area (Å²) < 4.78 is 4.76. The quantitative estimate of drug-likeness (QED) is 0.168. The predicted octanol–water partition coefficient (Wildman–Crippen LogP) is 13.9. The Balaban J connectivity index is 1.13. The summed E-state index contributed by atoms with van der Waals surface area (Å²) in [6.45, 7) is 0. The van der Waals surface area contributed by atoms with Crippen molar-refractivity contribution in [3.63, 3.8) is 0 Å². The van der Waals surface area contributed by atoms with Gasteiger partial charge in [-0.25, -0.2) is 0 Å². The number of aromatic nitrogens is 3. The lowest BCUT2D eigenvalue weighted by atomic mass is 9.96. The van der Waals surface area contributed by atoms with E-state index in [2.05, 4.69) is 208 Å². The van der Waals surface area contributed by atoms with Gasteiger partial charge in [0.1, 0.15) is 0 Å². The highest BCUT2D eigenvalue weighted by Crippen LogP contribution is 2.40. The number of nitrogens with zero attached hydrogens (tertiary/aromatic N) is 3. The molecule has 3 aromatic heterocycles. The van der Waals surface area contributed by atoms with Gasteiger partial charge in [0.2, 0.25) is 0 Å². The Morgan fingerprint density at radius 2 is 0.714 bits per heavy atom. The zero-order chi connectivity index (χ0) is 37.0. The molecule has 0 aliphatic rings. The van der Waals surface area contributed by atoms with Crippen molar-refractivity contribution in [1.29, 1.82) is 0 Å². The number of benzene rings is 8. The lowest BCUT2D eigenvalue weighted by Crippen LogP contribution is -1.96. The highest BCUT2D eigenvalue weighted by molar-refractivity contribution is 6.13. The smallest absolute Gasteiger partial charge is 0.0645 e. The first-order chi connectivity index (χ1) is 27.8. The number of hydrogen-bond acceptors (Lipinski definition) is 1. The molecule has 0 saturated carbocycles. The average Bonchev–Trinajstić information content (AvgIpc) is 3.79. The molecule has 0 saturated heterocycles. The zero-order valence-corrected chi connectivity index (χ0v) is 30.5. The summed E-state index contributed by atoms with van der Waals surface area (Å²) in [5.74, 6) is 0. The Hall–Kier alpha value is -7.49. The predicted molar refractivity (Wildman–Crippen MR) is 235 cm³/mol. The van der Waals surface area contributed by atoms with Crippen molar-refractivity contribution in [1.82, 2.24) is 14.1 Å². The van der Waals surface area contributed by atoms with Crippen molar-refractivity contribution in [2.45, 2.75) is 0 Å². The van der Waals surface area contributed by atoms with E-state index >= 15 is 0 Å². The van der Waals surface area contributed by atoms with Crippen LogP contribution in [0.2, 0.25) is 0 Å². The third kappa shape index (κ3) is 5.32. The Labute approximate surface area is 325 Å². The molecule has 0 unspecified atom stereocenters. The van der Waals surface area contributed by atoms with E-state index in [1.54, 1.807) is 0 Å². The summed E-state index contributed by atoms with van der Waals surface area (Å²) in [6.07, 6.45) is 3.77. The number of pyridine rings is 1. The van der Waals surface area contributed by atoms with Crippen LogP contribution in [0.1, 0.15) is 0 Å². The second-order valence-electron chi connectivity index (χ2n) is 14.5. The first-order valence-electron chi connectivity index (χ1n) is 19.1. The summed E-state index contributed by atoms with van der Waals surface area (Å²) in [5, 5.41) is 4.87. The number of rotatable bonds is 6. The molecular formula is C53H35N3. The number of hydrogen-bond donors (Lipinski definition) is 0. The minimum absolute atomic E-state index is 1.05. The molecule has 0 atom stereocenters. The van der Waals surface area contributed by atoms with Gasteiger partial charge in [-0.05, 0) is 117 Å².